The summed E-state index contributed by atoms with van der Waals surface area (Å²) >= 11 is 8.45. The second-order valence-electron chi connectivity index (χ2n) is 4.57. The van der Waals surface area contributed by atoms with Crippen molar-refractivity contribution in [1.29, 1.82) is 0 Å². The van der Waals surface area contributed by atoms with Gasteiger partial charge in [0.25, 0.3) is 0 Å². The fourth-order valence-corrected chi connectivity index (χ4v) is 2.68. The van der Waals surface area contributed by atoms with E-state index in [2.05, 4.69) is 46.1 Å². The number of hydrogen-bond donors (Lipinski definition) is 1. The van der Waals surface area contributed by atoms with Gasteiger partial charge in [0.15, 0.2) is 0 Å². The van der Waals surface area contributed by atoms with E-state index >= 15 is 0 Å². The lowest BCUT2D eigenvalue weighted by Gasteiger charge is -2.18. The molecule has 1 atom stereocenters. The Kier molecular flexibility index (Phi) is 5.69. The normalized spacial score (nSPS) is 12.2. The third-order valence-electron chi connectivity index (χ3n) is 3.27. The van der Waals surface area contributed by atoms with Crippen LogP contribution in [-0.4, -0.2) is 14.2 Å². The summed E-state index contributed by atoms with van der Waals surface area (Å²) in [6.45, 7) is 0. The highest BCUT2D eigenvalue weighted by Gasteiger charge is 2.12. The van der Waals surface area contributed by atoms with Crippen LogP contribution in [0.3, 0.4) is 0 Å². The van der Waals surface area contributed by atoms with E-state index in [4.69, 9.17) is 16.3 Å². The monoisotopic (exact) mass is 401 g/mol. The Morgan fingerprint density at radius 2 is 2.05 bits per heavy atom. The minimum Gasteiger partial charge on any atom is -0.497 e. The quantitative estimate of drug-likeness (QED) is 0.747. The van der Waals surface area contributed by atoms with Crippen molar-refractivity contribution >= 4 is 34.2 Å². The van der Waals surface area contributed by atoms with Gasteiger partial charge in [-0.15, -0.1) is 0 Å². The molecular weight excluding hydrogens is 385 g/mol. The molecule has 0 aliphatic carbocycles. The molecule has 0 fully saturated rings. The second kappa shape index (κ2) is 7.29. The van der Waals surface area contributed by atoms with Crippen molar-refractivity contribution in [2.45, 2.75) is 12.5 Å². The van der Waals surface area contributed by atoms with Crippen LogP contribution in [0.25, 0.3) is 0 Å². The fourth-order valence-electron chi connectivity index (χ4n) is 2.15. The van der Waals surface area contributed by atoms with E-state index in [0.717, 1.165) is 20.8 Å². The number of halogens is 2. The summed E-state index contributed by atoms with van der Waals surface area (Å²) in [4.78, 5) is 0. The predicted octanol–water partition coefficient (Wildman–Crippen LogP) is 4.46. The Hall–Kier alpha value is -0.780. The van der Waals surface area contributed by atoms with Crippen molar-refractivity contribution in [3.05, 3.63) is 62.2 Å². The molecule has 0 aliphatic heterocycles. The molecule has 0 bridgehead atoms. The van der Waals surface area contributed by atoms with E-state index in [1.807, 2.05) is 31.3 Å². The van der Waals surface area contributed by atoms with Gasteiger partial charge >= 0.3 is 0 Å². The lowest BCUT2D eigenvalue weighted by atomic mass is 9.99. The summed E-state index contributed by atoms with van der Waals surface area (Å²) in [6.07, 6.45) is 0.893. The van der Waals surface area contributed by atoms with E-state index in [1.165, 1.54) is 11.1 Å². The lowest BCUT2D eigenvalue weighted by molar-refractivity contribution is 0.414. The first-order valence-electron chi connectivity index (χ1n) is 6.39. The van der Waals surface area contributed by atoms with Crippen molar-refractivity contribution in [2.75, 3.05) is 14.2 Å². The van der Waals surface area contributed by atoms with E-state index in [0.29, 0.717) is 0 Å². The zero-order valence-electron chi connectivity index (χ0n) is 11.5. The van der Waals surface area contributed by atoms with Crippen molar-refractivity contribution < 1.29 is 4.74 Å². The standard InChI is InChI=1S/C16H17ClINO/c1-19-16(12-6-7-15(18)14(17)10-12)9-11-4-3-5-13(8-11)20-2/h3-8,10,16,19H,9H2,1-2H3. The largest absolute Gasteiger partial charge is 0.497 e. The zero-order chi connectivity index (χ0) is 14.5. The van der Waals surface area contributed by atoms with Crippen molar-refractivity contribution in [3.8, 4) is 5.75 Å². The SMILES string of the molecule is CNC(Cc1cccc(OC)c1)c1ccc(I)c(Cl)c1. The Balaban J connectivity index is 2.21. The molecule has 0 heterocycles. The molecule has 0 spiro atoms. The maximum absolute atomic E-state index is 6.21. The van der Waals surface area contributed by atoms with Gasteiger partial charge in [-0.2, -0.15) is 0 Å². The molecule has 1 N–H and O–H groups in total. The Bertz CT molecular complexity index is 588. The molecular formula is C16H17ClINO. The van der Waals surface area contributed by atoms with Gasteiger partial charge in [0, 0.05) is 9.61 Å². The highest BCUT2D eigenvalue weighted by atomic mass is 127. The van der Waals surface area contributed by atoms with Gasteiger partial charge in [0.05, 0.1) is 12.1 Å². The molecule has 0 aromatic heterocycles. The van der Waals surface area contributed by atoms with Crippen LogP contribution in [0.2, 0.25) is 5.02 Å². The van der Waals surface area contributed by atoms with Crippen LogP contribution < -0.4 is 10.1 Å². The molecule has 0 radical (unpaired) electrons. The first-order valence-corrected chi connectivity index (χ1v) is 7.85. The van der Waals surface area contributed by atoms with Crippen molar-refractivity contribution in [3.63, 3.8) is 0 Å². The molecule has 2 nitrogen and oxygen atoms in total. The van der Waals surface area contributed by atoms with Crippen LogP contribution in [0.1, 0.15) is 17.2 Å². The number of ether oxygens (including phenoxy) is 1. The highest BCUT2D eigenvalue weighted by molar-refractivity contribution is 14.1. The summed E-state index contributed by atoms with van der Waals surface area (Å²) < 4.78 is 6.34. The number of methoxy groups -OCH3 is 1. The van der Waals surface area contributed by atoms with Crippen LogP contribution in [-0.2, 0) is 6.42 Å². The van der Waals surface area contributed by atoms with Gasteiger partial charge in [0.1, 0.15) is 5.75 Å². The molecule has 0 aliphatic rings. The predicted molar refractivity (Wildman–Crippen MR) is 92.7 cm³/mol. The van der Waals surface area contributed by atoms with Gasteiger partial charge < -0.3 is 10.1 Å². The van der Waals surface area contributed by atoms with Crippen LogP contribution in [0.4, 0.5) is 0 Å². The average Bonchev–Trinajstić information content (AvgIpc) is 2.48. The summed E-state index contributed by atoms with van der Waals surface area (Å²) in [5, 5.41) is 4.15. The van der Waals surface area contributed by atoms with Crippen molar-refractivity contribution in [2.24, 2.45) is 0 Å². The molecule has 0 saturated carbocycles. The van der Waals surface area contributed by atoms with Crippen molar-refractivity contribution in [1.82, 2.24) is 5.32 Å². The maximum atomic E-state index is 6.21. The van der Waals surface area contributed by atoms with E-state index in [9.17, 15) is 0 Å². The molecule has 20 heavy (non-hydrogen) atoms. The average molecular weight is 402 g/mol. The minimum atomic E-state index is 0.233. The molecule has 2 rings (SSSR count). The molecule has 1 unspecified atom stereocenters. The van der Waals surface area contributed by atoms with Crippen LogP contribution in [0, 0.1) is 3.57 Å². The Morgan fingerprint density at radius 3 is 2.70 bits per heavy atom. The Morgan fingerprint density at radius 1 is 1.25 bits per heavy atom. The van der Waals surface area contributed by atoms with Gasteiger partial charge in [-0.3, -0.25) is 0 Å². The highest BCUT2D eigenvalue weighted by Crippen LogP contribution is 2.26. The van der Waals surface area contributed by atoms with Crippen LogP contribution in [0.15, 0.2) is 42.5 Å². The molecule has 4 heteroatoms. The second-order valence-corrected chi connectivity index (χ2v) is 6.14. The van der Waals surface area contributed by atoms with E-state index in [-0.39, 0.29) is 6.04 Å². The third-order valence-corrected chi connectivity index (χ3v) is 4.84. The zero-order valence-corrected chi connectivity index (χ0v) is 14.4. The van der Waals surface area contributed by atoms with Gasteiger partial charge in [-0.25, -0.2) is 0 Å². The maximum Gasteiger partial charge on any atom is 0.119 e. The third kappa shape index (κ3) is 3.87. The molecule has 106 valence electrons. The summed E-state index contributed by atoms with van der Waals surface area (Å²) in [7, 11) is 3.66. The molecule has 2 aromatic carbocycles. The van der Waals surface area contributed by atoms with E-state index in [1.54, 1.807) is 7.11 Å². The Labute approximate surface area is 138 Å². The summed E-state index contributed by atoms with van der Waals surface area (Å²) in [5.41, 5.74) is 2.43. The molecule has 0 amide bonds. The topological polar surface area (TPSA) is 21.3 Å². The molecule has 2 aromatic rings. The first-order chi connectivity index (χ1) is 9.63. The van der Waals surface area contributed by atoms with Crippen LogP contribution in [0.5, 0.6) is 5.75 Å². The van der Waals surface area contributed by atoms with Gasteiger partial charge in [0.2, 0.25) is 0 Å². The summed E-state index contributed by atoms with van der Waals surface area (Å²) in [5.74, 6) is 0.887. The fraction of sp³-hybridized carbons (Fsp3) is 0.250. The number of rotatable bonds is 5. The van der Waals surface area contributed by atoms with E-state index < -0.39 is 0 Å². The van der Waals surface area contributed by atoms with Gasteiger partial charge in [-0.1, -0.05) is 29.8 Å². The molecule has 0 saturated heterocycles. The number of likely N-dealkylation sites (N-methyl/N-ethyl adjacent to an activating group) is 1. The van der Waals surface area contributed by atoms with Crippen LogP contribution >= 0.6 is 34.2 Å². The number of nitrogens with one attached hydrogen (secondary N) is 1. The first kappa shape index (κ1) is 15.6. The number of hydrogen-bond acceptors (Lipinski definition) is 2. The minimum absolute atomic E-state index is 0.233. The smallest absolute Gasteiger partial charge is 0.119 e. The summed E-state index contributed by atoms with van der Waals surface area (Å²) in [6, 6.07) is 14.6. The van der Waals surface area contributed by atoms with Gasteiger partial charge in [-0.05, 0) is 71.5 Å². The lowest BCUT2D eigenvalue weighted by Crippen LogP contribution is -2.18. The number of benzene rings is 2.